The Morgan fingerprint density at radius 2 is 2.00 bits per heavy atom. The van der Waals surface area contributed by atoms with Gasteiger partial charge in [-0.2, -0.15) is 0 Å². The number of carboxylic acid groups (broad SMARTS) is 1. The van der Waals surface area contributed by atoms with Crippen molar-refractivity contribution >= 4 is 17.3 Å². The van der Waals surface area contributed by atoms with Crippen molar-refractivity contribution in [1.82, 2.24) is 10.2 Å². The standard InChI is InChI=1S/C12H12N2O3S/c1-7-13-14-11(18-7)9-5-3-8(4-6-9)10(17-2)12(15)16/h3-6,10H,1-2H3,(H,15,16). The number of carbonyl (C=O) groups is 1. The molecule has 94 valence electrons. The lowest BCUT2D eigenvalue weighted by Crippen LogP contribution is -2.13. The molecular weight excluding hydrogens is 252 g/mol. The topological polar surface area (TPSA) is 72.3 Å². The summed E-state index contributed by atoms with van der Waals surface area (Å²) in [7, 11) is 1.38. The molecule has 1 heterocycles. The quantitative estimate of drug-likeness (QED) is 0.917. The number of aryl methyl sites for hydroxylation is 1. The highest BCUT2D eigenvalue weighted by Crippen LogP contribution is 2.25. The molecule has 0 amide bonds. The van der Waals surface area contributed by atoms with Crippen molar-refractivity contribution in [3.8, 4) is 10.6 Å². The monoisotopic (exact) mass is 264 g/mol. The molecule has 0 saturated carbocycles. The van der Waals surface area contributed by atoms with E-state index in [2.05, 4.69) is 10.2 Å². The van der Waals surface area contributed by atoms with E-state index in [-0.39, 0.29) is 0 Å². The van der Waals surface area contributed by atoms with Gasteiger partial charge in [0, 0.05) is 12.7 Å². The number of aromatic nitrogens is 2. The summed E-state index contributed by atoms with van der Waals surface area (Å²) in [5.41, 5.74) is 1.53. The maximum atomic E-state index is 10.9. The van der Waals surface area contributed by atoms with Gasteiger partial charge in [0.15, 0.2) is 6.10 Å². The number of hydrogen-bond donors (Lipinski definition) is 1. The van der Waals surface area contributed by atoms with Crippen LogP contribution in [0.5, 0.6) is 0 Å². The van der Waals surface area contributed by atoms with E-state index in [0.717, 1.165) is 15.6 Å². The van der Waals surface area contributed by atoms with Crippen LogP contribution in [0.1, 0.15) is 16.7 Å². The molecule has 1 aromatic carbocycles. The third kappa shape index (κ3) is 2.55. The molecule has 0 spiro atoms. The summed E-state index contributed by atoms with van der Waals surface area (Å²) in [4.78, 5) is 10.9. The Morgan fingerprint density at radius 3 is 2.44 bits per heavy atom. The van der Waals surface area contributed by atoms with E-state index in [0.29, 0.717) is 5.56 Å². The summed E-state index contributed by atoms with van der Waals surface area (Å²) in [5.74, 6) is -1.00. The van der Waals surface area contributed by atoms with E-state index < -0.39 is 12.1 Å². The van der Waals surface area contributed by atoms with E-state index in [1.165, 1.54) is 18.4 Å². The van der Waals surface area contributed by atoms with Crippen molar-refractivity contribution < 1.29 is 14.6 Å². The van der Waals surface area contributed by atoms with Gasteiger partial charge in [-0.15, -0.1) is 10.2 Å². The van der Waals surface area contributed by atoms with Gasteiger partial charge in [0.2, 0.25) is 0 Å². The highest BCUT2D eigenvalue weighted by molar-refractivity contribution is 7.14. The Kier molecular flexibility index (Phi) is 3.69. The molecule has 2 aromatic rings. The van der Waals surface area contributed by atoms with Gasteiger partial charge in [0.05, 0.1) is 0 Å². The lowest BCUT2D eigenvalue weighted by atomic mass is 10.1. The number of rotatable bonds is 4. The Labute approximate surface area is 108 Å². The Morgan fingerprint density at radius 1 is 1.33 bits per heavy atom. The number of benzene rings is 1. The van der Waals surface area contributed by atoms with Gasteiger partial charge in [-0.25, -0.2) is 4.79 Å². The van der Waals surface area contributed by atoms with Gasteiger partial charge < -0.3 is 9.84 Å². The number of nitrogens with zero attached hydrogens (tertiary/aromatic N) is 2. The Hall–Kier alpha value is -1.79. The summed E-state index contributed by atoms with van der Waals surface area (Å²) in [5, 5.41) is 18.7. The van der Waals surface area contributed by atoms with Crippen LogP contribution in [0.2, 0.25) is 0 Å². The van der Waals surface area contributed by atoms with Gasteiger partial charge in [-0.1, -0.05) is 35.6 Å². The molecule has 18 heavy (non-hydrogen) atoms. The number of hydrogen-bond acceptors (Lipinski definition) is 5. The average molecular weight is 264 g/mol. The number of ether oxygens (including phenoxy) is 1. The SMILES string of the molecule is COC(C(=O)O)c1ccc(-c2nnc(C)s2)cc1. The largest absolute Gasteiger partial charge is 0.479 e. The molecule has 0 fully saturated rings. The zero-order chi connectivity index (χ0) is 13.1. The summed E-state index contributed by atoms with van der Waals surface area (Å²) in [6, 6.07) is 7.11. The summed E-state index contributed by atoms with van der Waals surface area (Å²) in [6.45, 7) is 1.89. The molecule has 6 heteroatoms. The second-order valence-corrected chi connectivity index (χ2v) is 4.88. The van der Waals surface area contributed by atoms with Crippen LogP contribution in [0, 0.1) is 6.92 Å². The summed E-state index contributed by atoms with van der Waals surface area (Å²) >= 11 is 1.50. The van der Waals surface area contributed by atoms with E-state index in [9.17, 15) is 4.79 Å². The number of carboxylic acids is 1. The van der Waals surface area contributed by atoms with Crippen LogP contribution < -0.4 is 0 Å². The summed E-state index contributed by atoms with van der Waals surface area (Å²) < 4.78 is 4.92. The molecule has 0 aliphatic rings. The molecule has 5 nitrogen and oxygen atoms in total. The van der Waals surface area contributed by atoms with Gasteiger partial charge in [0.1, 0.15) is 10.0 Å². The normalized spacial score (nSPS) is 12.3. The molecule has 0 bridgehead atoms. The lowest BCUT2D eigenvalue weighted by Gasteiger charge is -2.10. The van der Waals surface area contributed by atoms with E-state index in [1.807, 2.05) is 19.1 Å². The minimum atomic E-state index is -1.00. The van der Waals surface area contributed by atoms with Crippen molar-refractivity contribution in [2.75, 3.05) is 7.11 Å². The van der Waals surface area contributed by atoms with Crippen molar-refractivity contribution in [3.63, 3.8) is 0 Å². The van der Waals surface area contributed by atoms with E-state index in [4.69, 9.17) is 9.84 Å². The fourth-order valence-electron chi connectivity index (χ4n) is 1.59. The molecule has 1 unspecified atom stereocenters. The van der Waals surface area contributed by atoms with Crippen LogP contribution in [-0.4, -0.2) is 28.4 Å². The highest BCUT2D eigenvalue weighted by atomic mass is 32.1. The van der Waals surface area contributed by atoms with Crippen LogP contribution in [0.15, 0.2) is 24.3 Å². The predicted octanol–water partition coefficient (Wildman–Crippen LogP) is 2.29. The molecule has 1 N–H and O–H groups in total. The molecule has 0 aliphatic carbocycles. The van der Waals surface area contributed by atoms with Crippen LogP contribution in [0.25, 0.3) is 10.6 Å². The van der Waals surface area contributed by atoms with Crippen LogP contribution in [0.3, 0.4) is 0 Å². The molecule has 2 rings (SSSR count). The first kappa shape index (κ1) is 12.7. The second kappa shape index (κ2) is 5.24. The molecule has 0 radical (unpaired) electrons. The smallest absolute Gasteiger partial charge is 0.337 e. The van der Waals surface area contributed by atoms with E-state index >= 15 is 0 Å². The first-order chi connectivity index (χ1) is 8.61. The van der Waals surface area contributed by atoms with Gasteiger partial charge in [-0.05, 0) is 12.5 Å². The zero-order valence-electron chi connectivity index (χ0n) is 9.95. The van der Waals surface area contributed by atoms with Gasteiger partial charge >= 0.3 is 5.97 Å². The zero-order valence-corrected chi connectivity index (χ0v) is 10.8. The van der Waals surface area contributed by atoms with Gasteiger partial charge in [0.25, 0.3) is 0 Å². The molecule has 1 atom stereocenters. The van der Waals surface area contributed by atoms with Crippen LogP contribution >= 0.6 is 11.3 Å². The Bertz CT molecular complexity index is 551. The minimum absolute atomic E-state index is 0.606. The van der Waals surface area contributed by atoms with Crippen LogP contribution in [0.4, 0.5) is 0 Å². The Balaban J connectivity index is 2.27. The summed E-state index contributed by atoms with van der Waals surface area (Å²) in [6.07, 6.45) is -0.935. The number of aliphatic carboxylic acids is 1. The first-order valence-electron chi connectivity index (χ1n) is 5.28. The fraction of sp³-hybridized carbons (Fsp3) is 0.250. The van der Waals surface area contributed by atoms with Crippen molar-refractivity contribution in [2.24, 2.45) is 0 Å². The van der Waals surface area contributed by atoms with Gasteiger partial charge in [-0.3, -0.25) is 0 Å². The van der Waals surface area contributed by atoms with E-state index in [1.54, 1.807) is 12.1 Å². The minimum Gasteiger partial charge on any atom is -0.479 e. The maximum absolute atomic E-state index is 10.9. The predicted molar refractivity (Wildman–Crippen MR) is 67.5 cm³/mol. The molecular formula is C12H12N2O3S. The van der Waals surface area contributed by atoms with Crippen molar-refractivity contribution in [2.45, 2.75) is 13.0 Å². The van der Waals surface area contributed by atoms with Crippen molar-refractivity contribution in [3.05, 3.63) is 34.8 Å². The average Bonchev–Trinajstić information content (AvgIpc) is 2.77. The van der Waals surface area contributed by atoms with Crippen molar-refractivity contribution in [1.29, 1.82) is 0 Å². The maximum Gasteiger partial charge on any atom is 0.337 e. The van der Waals surface area contributed by atoms with Crippen LogP contribution in [-0.2, 0) is 9.53 Å². The second-order valence-electron chi connectivity index (χ2n) is 3.70. The highest BCUT2D eigenvalue weighted by Gasteiger charge is 2.18. The molecule has 1 aromatic heterocycles. The third-order valence-electron chi connectivity index (χ3n) is 2.45. The first-order valence-corrected chi connectivity index (χ1v) is 6.09. The fourth-order valence-corrected chi connectivity index (χ4v) is 2.29. The molecule has 0 saturated heterocycles. The number of methoxy groups -OCH3 is 1. The molecule has 0 aliphatic heterocycles. The third-order valence-corrected chi connectivity index (χ3v) is 3.33. The lowest BCUT2D eigenvalue weighted by molar-refractivity contribution is -0.148.